The third-order valence-electron chi connectivity index (χ3n) is 5.39. The molecule has 0 aliphatic heterocycles. The van der Waals surface area contributed by atoms with Gasteiger partial charge in [0.1, 0.15) is 5.76 Å². The van der Waals surface area contributed by atoms with E-state index in [0.29, 0.717) is 34.4 Å². The van der Waals surface area contributed by atoms with E-state index in [9.17, 15) is 9.59 Å². The molecular formula is C25H21N5O3S. The highest BCUT2D eigenvalue weighted by atomic mass is 32.1. The van der Waals surface area contributed by atoms with Crippen LogP contribution in [-0.2, 0) is 13.1 Å². The lowest BCUT2D eigenvalue weighted by atomic mass is 10.1. The van der Waals surface area contributed by atoms with Gasteiger partial charge < -0.3 is 14.3 Å². The highest BCUT2D eigenvalue weighted by Crippen LogP contribution is 2.27. The number of hydrogen-bond acceptors (Lipinski definition) is 7. The minimum absolute atomic E-state index is 0.222. The first-order chi connectivity index (χ1) is 16.6. The van der Waals surface area contributed by atoms with Gasteiger partial charge in [0.15, 0.2) is 5.13 Å². The van der Waals surface area contributed by atoms with Crippen LogP contribution in [-0.4, -0.2) is 20.4 Å². The van der Waals surface area contributed by atoms with E-state index in [1.165, 1.54) is 22.0 Å². The number of thiazole rings is 1. The molecule has 0 radical (unpaired) electrons. The summed E-state index contributed by atoms with van der Waals surface area (Å²) in [4.78, 5) is 35.3. The number of rotatable bonds is 7. The fourth-order valence-corrected chi connectivity index (χ4v) is 4.58. The fourth-order valence-electron chi connectivity index (χ4n) is 3.72. The van der Waals surface area contributed by atoms with E-state index in [1.807, 2.05) is 42.5 Å². The van der Waals surface area contributed by atoms with Crippen molar-refractivity contribution in [3.8, 4) is 0 Å². The smallest absolute Gasteiger partial charge is 0.261 e. The van der Waals surface area contributed by atoms with Crippen molar-refractivity contribution in [2.45, 2.75) is 20.0 Å². The van der Waals surface area contributed by atoms with Crippen LogP contribution < -0.4 is 16.2 Å². The number of carbonyl (C=O) groups is 1. The molecule has 0 spiro atoms. The summed E-state index contributed by atoms with van der Waals surface area (Å²) in [5.74, 6) is 0.269. The molecule has 2 N–H and O–H groups in total. The normalized spacial score (nSPS) is 11.0. The Morgan fingerprint density at radius 2 is 1.97 bits per heavy atom. The molecular weight excluding hydrogens is 450 g/mol. The summed E-state index contributed by atoms with van der Waals surface area (Å²) in [5, 5.41) is 6.61. The zero-order chi connectivity index (χ0) is 23.5. The summed E-state index contributed by atoms with van der Waals surface area (Å²) in [7, 11) is 0. The van der Waals surface area contributed by atoms with Crippen LogP contribution in [0.25, 0.3) is 10.2 Å². The van der Waals surface area contributed by atoms with Crippen LogP contribution in [0.5, 0.6) is 0 Å². The molecule has 0 saturated carbocycles. The first-order valence-corrected chi connectivity index (χ1v) is 11.5. The van der Waals surface area contributed by atoms with E-state index in [4.69, 9.17) is 4.42 Å². The van der Waals surface area contributed by atoms with E-state index in [0.717, 1.165) is 15.9 Å². The average molecular weight is 472 g/mol. The van der Waals surface area contributed by atoms with E-state index in [-0.39, 0.29) is 18.0 Å². The second kappa shape index (κ2) is 9.32. The Kier molecular flexibility index (Phi) is 5.92. The van der Waals surface area contributed by atoms with Crippen LogP contribution in [0.2, 0.25) is 0 Å². The number of nitrogens with zero attached hydrogens (tertiary/aromatic N) is 3. The zero-order valence-electron chi connectivity index (χ0n) is 18.3. The maximum absolute atomic E-state index is 13.5. The molecule has 0 aliphatic carbocycles. The van der Waals surface area contributed by atoms with Crippen LogP contribution in [0.15, 0.2) is 82.3 Å². The van der Waals surface area contributed by atoms with Gasteiger partial charge in [0.05, 0.1) is 46.5 Å². The predicted molar refractivity (Wildman–Crippen MR) is 132 cm³/mol. The number of carbonyl (C=O) groups excluding carboxylic acids is 1. The molecule has 1 aromatic carbocycles. The monoisotopic (exact) mass is 471 g/mol. The fraction of sp³-hybridized carbons (Fsp3) is 0.120. The highest BCUT2D eigenvalue weighted by molar-refractivity contribution is 7.22. The van der Waals surface area contributed by atoms with Crippen molar-refractivity contribution in [3.63, 3.8) is 0 Å². The number of fused-ring (bicyclic) bond motifs is 1. The lowest BCUT2D eigenvalue weighted by Gasteiger charge is -2.18. The molecule has 5 aromatic rings. The Bertz CT molecular complexity index is 1470. The number of amides is 1. The summed E-state index contributed by atoms with van der Waals surface area (Å²) >= 11 is 1.40. The summed E-state index contributed by atoms with van der Waals surface area (Å²) in [5.41, 5.74) is 2.68. The summed E-state index contributed by atoms with van der Waals surface area (Å²) in [6.07, 6.45) is 3.25. The van der Waals surface area contributed by atoms with Crippen molar-refractivity contribution in [1.29, 1.82) is 0 Å². The number of pyridine rings is 2. The van der Waals surface area contributed by atoms with Crippen molar-refractivity contribution >= 4 is 38.3 Å². The highest BCUT2D eigenvalue weighted by Gasteiger charge is 2.21. The Morgan fingerprint density at radius 1 is 1.12 bits per heavy atom. The minimum atomic E-state index is -0.353. The van der Waals surface area contributed by atoms with E-state index < -0.39 is 0 Å². The number of hydrogen-bond donors (Lipinski definition) is 2. The quantitative estimate of drug-likeness (QED) is 0.358. The maximum Gasteiger partial charge on any atom is 0.261 e. The average Bonchev–Trinajstić information content (AvgIpc) is 3.50. The van der Waals surface area contributed by atoms with Gasteiger partial charge in [0.25, 0.3) is 11.5 Å². The first-order valence-electron chi connectivity index (χ1n) is 10.7. The van der Waals surface area contributed by atoms with Crippen molar-refractivity contribution in [1.82, 2.24) is 14.5 Å². The molecule has 1 amide bonds. The van der Waals surface area contributed by atoms with Crippen molar-refractivity contribution in [2.24, 2.45) is 0 Å². The molecule has 0 aliphatic rings. The van der Waals surface area contributed by atoms with Gasteiger partial charge in [-0.25, -0.2) is 4.98 Å². The minimum Gasteiger partial charge on any atom is -0.467 e. The van der Waals surface area contributed by atoms with E-state index in [1.54, 1.807) is 31.5 Å². The van der Waals surface area contributed by atoms with Crippen LogP contribution in [0.3, 0.4) is 0 Å². The number of nitrogens with one attached hydrogen (secondary N) is 2. The first kappa shape index (κ1) is 21.6. The lowest BCUT2D eigenvalue weighted by molar-refractivity contribution is 0.102. The van der Waals surface area contributed by atoms with Crippen LogP contribution >= 0.6 is 11.3 Å². The third-order valence-corrected chi connectivity index (χ3v) is 6.34. The third kappa shape index (κ3) is 4.46. The second-order valence-electron chi connectivity index (χ2n) is 7.64. The molecule has 34 heavy (non-hydrogen) atoms. The van der Waals surface area contributed by atoms with E-state index >= 15 is 0 Å². The lowest BCUT2D eigenvalue weighted by Crippen LogP contribution is -2.28. The van der Waals surface area contributed by atoms with Gasteiger partial charge in [-0.2, -0.15) is 0 Å². The zero-order valence-corrected chi connectivity index (χ0v) is 19.1. The van der Waals surface area contributed by atoms with Gasteiger partial charge in [-0.15, -0.1) is 0 Å². The van der Waals surface area contributed by atoms with Crippen molar-refractivity contribution < 1.29 is 9.21 Å². The van der Waals surface area contributed by atoms with Gasteiger partial charge in [-0.05, 0) is 43.3 Å². The van der Waals surface area contributed by atoms with Gasteiger partial charge in [0.2, 0.25) is 0 Å². The summed E-state index contributed by atoms with van der Waals surface area (Å²) in [6.45, 7) is 2.34. The SMILES string of the molecule is Cc1c(C(=O)Nc2nc3ccccc3s2)c(NCc2ccccn2)cc(=O)n1Cc1ccco1. The maximum atomic E-state index is 13.5. The molecule has 0 fully saturated rings. The number of para-hydroxylation sites is 1. The Hall–Kier alpha value is -4.24. The molecule has 0 saturated heterocycles. The summed E-state index contributed by atoms with van der Waals surface area (Å²) < 4.78 is 7.92. The molecule has 9 heteroatoms. The Balaban J connectivity index is 1.51. The summed E-state index contributed by atoms with van der Waals surface area (Å²) in [6, 6.07) is 18.3. The molecule has 4 aromatic heterocycles. The van der Waals surface area contributed by atoms with Gasteiger partial charge in [0, 0.05) is 18.0 Å². The van der Waals surface area contributed by atoms with Crippen LogP contribution in [0.1, 0.15) is 27.5 Å². The van der Waals surface area contributed by atoms with Gasteiger partial charge in [-0.1, -0.05) is 29.5 Å². The predicted octanol–water partition coefficient (Wildman–Crippen LogP) is 4.67. The van der Waals surface area contributed by atoms with Gasteiger partial charge in [-0.3, -0.25) is 19.9 Å². The van der Waals surface area contributed by atoms with E-state index in [2.05, 4.69) is 20.6 Å². The molecule has 0 atom stereocenters. The van der Waals surface area contributed by atoms with Crippen LogP contribution in [0, 0.1) is 6.92 Å². The van der Waals surface area contributed by atoms with Crippen molar-refractivity contribution in [3.05, 3.63) is 106 Å². The molecule has 4 heterocycles. The Labute approximate surface area is 198 Å². The molecule has 8 nitrogen and oxygen atoms in total. The number of aromatic nitrogens is 3. The second-order valence-corrected chi connectivity index (χ2v) is 8.67. The molecule has 170 valence electrons. The molecule has 5 rings (SSSR count). The number of benzene rings is 1. The van der Waals surface area contributed by atoms with Gasteiger partial charge >= 0.3 is 0 Å². The van der Waals surface area contributed by atoms with Crippen LogP contribution in [0.4, 0.5) is 10.8 Å². The largest absolute Gasteiger partial charge is 0.467 e. The Morgan fingerprint density at radius 3 is 2.74 bits per heavy atom. The number of anilines is 2. The molecule has 0 bridgehead atoms. The molecule has 0 unspecified atom stereocenters. The standard InChI is InChI=1S/C25H21N5O3S/c1-16-23(24(32)29-25-28-19-9-2-3-10-21(19)34-25)20(27-14-17-7-4-5-11-26-17)13-22(31)30(16)15-18-8-6-12-33-18/h2-13,27H,14-15H2,1H3,(H,28,29,32). The topological polar surface area (TPSA) is 102 Å². The number of furan rings is 1. The van der Waals surface area contributed by atoms with Crippen molar-refractivity contribution in [2.75, 3.05) is 10.6 Å².